The number of hydrogen-bond donors (Lipinski definition) is 1. The van der Waals surface area contributed by atoms with Gasteiger partial charge in [0.05, 0.1) is 0 Å². The average Bonchev–Trinajstić information content (AvgIpc) is 2.43. The minimum Gasteiger partial charge on any atom is -0.316 e. The molecule has 2 rings (SSSR count). The lowest BCUT2D eigenvalue weighted by atomic mass is 9.99. The molecule has 2 aromatic rings. The van der Waals surface area contributed by atoms with Gasteiger partial charge >= 0.3 is 0 Å². The van der Waals surface area contributed by atoms with Crippen molar-refractivity contribution in [2.75, 3.05) is 7.05 Å². The third-order valence-electron chi connectivity index (χ3n) is 3.20. The lowest BCUT2D eigenvalue weighted by Gasteiger charge is -2.16. The van der Waals surface area contributed by atoms with Crippen LogP contribution >= 0.6 is 0 Å². The minimum absolute atomic E-state index is 0.219. The Morgan fingerprint density at radius 1 is 0.789 bits per heavy atom. The van der Waals surface area contributed by atoms with Gasteiger partial charge in [-0.05, 0) is 55.3 Å². The Bertz CT molecular complexity index is 458. The van der Waals surface area contributed by atoms with E-state index in [1.165, 1.54) is 24.3 Å². The van der Waals surface area contributed by atoms with Crippen molar-refractivity contribution in [1.82, 2.24) is 5.32 Å². The van der Waals surface area contributed by atoms with Crippen LogP contribution in [-0.4, -0.2) is 13.1 Å². The van der Waals surface area contributed by atoms with Gasteiger partial charge in [0.25, 0.3) is 0 Å². The van der Waals surface area contributed by atoms with Crippen molar-refractivity contribution in [1.29, 1.82) is 0 Å². The quantitative estimate of drug-likeness (QED) is 0.870. The van der Waals surface area contributed by atoms with Crippen molar-refractivity contribution in [2.24, 2.45) is 0 Å². The van der Waals surface area contributed by atoms with E-state index in [1.54, 1.807) is 24.3 Å². The molecule has 0 radical (unpaired) electrons. The molecule has 0 amide bonds. The summed E-state index contributed by atoms with van der Waals surface area (Å²) in [5.41, 5.74) is 2.17. The molecule has 2 aromatic carbocycles. The van der Waals surface area contributed by atoms with Crippen LogP contribution in [0.4, 0.5) is 8.78 Å². The zero-order chi connectivity index (χ0) is 13.7. The normalized spacial score (nSPS) is 10.9. The summed E-state index contributed by atoms with van der Waals surface area (Å²) in [7, 11) is 1.90. The Hall–Kier alpha value is -1.74. The van der Waals surface area contributed by atoms with Crippen molar-refractivity contribution >= 4 is 0 Å². The van der Waals surface area contributed by atoms with Gasteiger partial charge in [-0.2, -0.15) is 0 Å². The highest BCUT2D eigenvalue weighted by Gasteiger charge is 2.08. The molecule has 0 unspecified atom stereocenters. The van der Waals surface area contributed by atoms with Gasteiger partial charge < -0.3 is 5.32 Å². The van der Waals surface area contributed by atoms with E-state index in [1.807, 2.05) is 7.05 Å². The van der Waals surface area contributed by atoms with Crippen molar-refractivity contribution in [3.8, 4) is 0 Å². The van der Waals surface area contributed by atoms with Crippen LogP contribution in [-0.2, 0) is 12.8 Å². The van der Waals surface area contributed by atoms with Crippen LogP contribution in [0.25, 0.3) is 0 Å². The summed E-state index contributed by atoms with van der Waals surface area (Å²) in [5.74, 6) is -0.438. The standard InChI is InChI=1S/C16H17F2N/c1-19-16(10-12-2-6-14(17)7-3-12)11-13-4-8-15(18)9-5-13/h2-9,16,19H,10-11H2,1H3. The van der Waals surface area contributed by atoms with Gasteiger partial charge in [0.1, 0.15) is 11.6 Å². The fourth-order valence-electron chi connectivity index (χ4n) is 2.09. The Morgan fingerprint density at radius 2 is 1.16 bits per heavy atom. The minimum atomic E-state index is -0.219. The smallest absolute Gasteiger partial charge is 0.123 e. The Balaban J connectivity index is 2.00. The topological polar surface area (TPSA) is 12.0 Å². The van der Waals surface area contributed by atoms with Gasteiger partial charge in [0.2, 0.25) is 0 Å². The first-order valence-corrected chi connectivity index (χ1v) is 6.33. The zero-order valence-electron chi connectivity index (χ0n) is 10.9. The molecule has 0 saturated heterocycles. The van der Waals surface area contributed by atoms with Crippen LogP contribution in [0, 0.1) is 11.6 Å². The highest BCUT2D eigenvalue weighted by atomic mass is 19.1. The summed E-state index contributed by atoms with van der Waals surface area (Å²) in [6.45, 7) is 0. The maximum atomic E-state index is 12.8. The van der Waals surface area contributed by atoms with E-state index in [-0.39, 0.29) is 17.7 Å². The molecule has 0 aliphatic heterocycles. The molecule has 0 atom stereocenters. The van der Waals surface area contributed by atoms with Crippen molar-refractivity contribution in [3.63, 3.8) is 0 Å². The largest absolute Gasteiger partial charge is 0.316 e. The predicted octanol–water partition coefficient (Wildman–Crippen LogP) is 3.34. The Morgan fingerprint density at radius 3 is 1.47 bits per heavy atom. The molecule has 19 heavy (non-hydrogen) atoms. The van der Waals surface area contributed by atoms with E-state index >= 15 is 0 Å². The van der Waals surface area contributed by atoms with E-state index in [0.717, 1.165) is 24.0 Å². The first kappa shape index (κ1) is 13.7. The first-order valence-electron chi connectivity index (χ1n) is 6.33. The fourth-order valence-corrected chi connectivity index (χ4v) is 2.09. The molecule has 3 heteroatoms. The van der Waals surface area contributed by atoms with E-state index in [2.05, 4.69) is 5.32 Å². The maximum absolute atomic E-state index is 12.8. The zero-order valence-corrected chi connectivity index (χ0v) is 10.9. The molecule has 0 heterocycles. The average molecular weight is 261 g/mol. The highest BCUT2D eigenvalue weighted by Crippen LogP contribution is 2.11. The summed E-state index contributed by atoms with van der Waals surface area (Å²) in [5, 5.41) is 3.24. The summed E-state index contributed by atoms with van der Waals surface area (Å²) in [6.07, 6.45) is 1.63. The van der Waals surface area contributed by atoms with Gasteiger partial charge in [-0.3, -0.25) is 0 Å². The summed E-state index contributed by atoms with van der Waals surface area (Å²) >= 11 is 0. The van der Waals surface area contributed by atoms with Crippen molar-refractivity contribution in [2.45, 2.75) is 18.9 Å². The third-order valence-corrected chi connectivity index (χ3v) is 3.20. The molecular weight excluding hydrogens is 244 g/mol. The van der Waals surface area contributed by atoms with E-state index in [4.69, 9.17) is 0 Å². The van der Waals surface area contributed by atoms with E-state index in [0.29, 0.717) is 0 Å². The van der Waals surface area contributed by atoms with Crippen LogP contribution in [0.5, 0.6) is 0 Å². The molecule has 0 spiro atoms. The number of likely N-dealkylation sites (N-methyl/N-ethyl adjacent to an activating group) is 1. The van der Waals surface area contributed by atoms with Crippen LogP contribution in [0.2, 0.25) is 0 Å². The second kappa shape index (κ2) is 6.43. The molecule has 0 bridgehead atoms. The van der Waals surface area contributed by atoms with Gasteiger partial charge in [0, 0.05) is 6.04 Å². The molecular formula is C16H17F2N. The predicted molar refractivity (Wildman–Crippen MR) is 73.1 cm³/mol. The lowest BCUT2D eigenvalue weighted by molar-refractivity contribution is 0.554. The highest BCUT2D eigenvalue weighted by molar-refractivity contribution is 5.20. The number of rotatable bonds is 5. The van der Waals surface area contributed by atoms with Crippen LogP contribution < -0.4 is 5.32 Å². The number of hydrogen-bond acceptors (Lipinski definition) is 1. The van der Waals surface area contributed by atoms with Gasteiger partial charge in [-0.25, -0.2) is 8.78 Å². The Kier molecular flexibility index (Phi) is 4.63. The van der Waals surface area contributed by atoms with Crippen molar-refractivity contribution < 1.29 is 8.78 Å². The SMILES string of the molecule is CNC(Cc1ccc(F)cc1)Cc1ccc(F)cc1. The molecule has 0 aliphatic carbocycles. The number of benzene rings is 2. The molecule has 100 valence electrons. The first-order chi connectivity index (χ1) is 9.17. The number of nitrogens with one attached hydrogen (secondary N) is 1. The van der Waals surface area contributed by atoms with Crippen molar-refractivity contribution in [3.05, 3.63) is 71.3 Å². The van der Waals surface area contributed by atoms with Crippen LogP contribution in [0.15, 0.2) is 48.5 Å². The van der Waals surface area contributed by atoms with Crippen LogP contribution in [0.1, 0.15) is 11.1 Å². The van der Waals surface area contributed by atoms with E-state index in [9.17, 15) is 8.78 Å². The summed E-state index contributed by atoms with van der Waals surface area (Å²) in [4.78, 5) is 0. The molecule has 1 nitrogen and oxygen atoms in total. The van der Waals surface area contributed by atoms with Crippen LogP contribution in [0.3, 0.4) is 0 Å². The third kappa shape index (κ3) is 4.14. The molecule has 0 aromatic heterocycles. The maximum Gasteiger partial charge on any atom is 0.123 e. The molecule has 0 fully saturated rings. The van der Waals surface area contributed by atoms with E-state index < -0.39 is 0 Å². The lowest BCUT2D eigenvalue weighted by Crippen LogP contribution is -2.29. The second-order valence-corrected chi connectivity index (χ2v) is 4.65. The van der Waals surface area contributed by atoms with Gasteiger partial charge in [-0.1, -0.05) is 24.3 Å². The number of halogens is 2. The second-order valence-electron chi connectivity index (χ2n) is 4.65. The fraction of sp³-hybridized carbons (Fsp3) is 0.250. The molecule has 1 N–H and O–H groups in total. The summed E-state index contributed by atoms with van der Waals surface area (Å²) in [6, 6.07) is 13.3. The molecule has 0 saturated carbocycles. The summed E-state index contributed by atoms with van der Waals surface area (Å²) < 4.78 is 25.7. The monoisotopic (exact) mass is 261 g/mol. The Labute approximate surface area is 112 Å². The van der Waals surface area contributed by atoms with Gasteiger partial charge in [0.15, 0.2) is 0 Å². The molecule has 0 aliphatic rings. The van der Waals surface area contributed by atoms with Gasteiger partial charge in [-0.15, -0.1) is 0 Å².